The van der Waals surface area contributed by atoms with Gasteiger partial charge in [-0.15, -0.1) is 0 Å². The van der Waals surface area contributed by atoms with Gasteiger partial charge in [-0.2, -0.15) is 5.10 Å². The monoisotopic (exact) mass is 264 g/mol. The Balaban J connectivity index is 1.98. The van der Waals surface area contributed by atoms with Gasteiger partial charge in [-0.1, -0.05) is 30.3 Å². The summed E-state index contributed by atoms with van der Waals surface area (Å²) >= 11 is 0. The Labute approximate surface area is 118 Å². The molecule has 20 heavy (non-hydrogen) atoms. The van der Waals surface area contributed by atoms with Crippen LogP contribution in [0.1, 0.15) is 5.56 Å². The smallest absolute Gasteiger partial charge is 0.0721 e. The molecule has 3 aromatic rings. The molecule has 0 radical (unpaired) electrons. The van der Waals surface area contributed by atoms with Crippen LogP contribution in [0, 0.1) is 0 Å². The molecule has 2 aromatic heterocycles. The summed E-state index contributed by atoms with van der Waals surface area (Å²) in [5.74, 6) is 0. The minimum Gasteiger partial charge on any atom is -0.316 e. The van der Waals surface area contributed by atoms with Crippen LogP contribution in [-0.4, -0.2) is 21.8 Å². The van der Waals surface area contributed by atoms with Gasteiger partial charge in [-0.05, 0) is 18.7 Å². The van der Waals surface area contributed by atoms with E-state index < -0.39 is 0 Å². The second-order valence-corrected chi connectivity index (χ2v) is 4.57. The highest BCUT2D eigenvalue weighted by molar-refractivity contribution is 5.62. The molecule has 1 N–H and O–H groups in total. The quantitative estimate of drug-likeness (QED) is 0.787. The van der Waals surface area contributed by atoms with Crippen molar-refractivity contribution in [3.8, 4) is 16.8 Å². The van der Waals surface area contributed by atoms with Crippen molar-refractivity contribution in [1.82, 2.24) is 20.1 Å². The standard InChI is InChI=1S/C16H16N4/c1-17-9-14-10-18-8-7-16(14)20-12-15(11-19-20)13-5-3-2-4-6-13/h2-8,10-12,17H,9H2,1H3. The largest absolute Gasteiger partial charge is 0.316 e. The molecule has 4 nitrogen and oxygen atoms in total. The maximum atomic E-state index is 4.47. The van der Waals surface area contributed by atoms with Crippen molar-refractivity contribution >= 4 is 0 Å². The van der Waals surface area contributed by atoms with Crippen LogP contribution in [0.3, 0.4) is 0 Å². The van der Waals surface area contributed by atoms with Crippen LogP contribution >= 0.6 is 0 Å². The third-order valence-electron chi connectivity index (χ3n) is 3.18. The average molecular weight is 264 g/mol. The van der Waals surface area contributed by atoms with Gasteiger partial charge in [0, 0.05) is 36.3 Å². The van der Waals surface area contributed by atoms with Gasteiger partial charge in [0.2, 0.25) is 0 Å². The highest BCUT2D eigenvalue weighted by atomic mass is 15.3. The molecule has 0 aliphatic carbocycles. The predicted molar refractivity (Wildman–Crippen MR) is 79.6 cm³/mol. The van der Waals surface area contributed by atoms with Crippen LogP contribution in [0.15, 0.2) is 61.2 Å². The summed E-state index contributed by atoms with van der Waals surface area (Å²) in [5.41, 5.74) is 4.45. The number of hydrogen-bond donors (Lipinski definition) is 1. The molecular formula is C16H16N4. The third kappa shape index (κ3) is 2.46. The summed E-state index contributed by atoms with van der Waals surface area (Å²) in [7, 11) is 1.93. The number of benzene rings is 1. The summed E-state index contributed by atoms with van der Waals surface area (Å²) < 4.78 is 1.90. The number of nitrogens with one attached hydrogen (secondary N) is 1. The van der Waals surface area contributed by atoms with Crippen LogP contribution < -0.4 is 5.32 Å². The molecular weight excluding hydrogens is 248 g/mol. The van der Waals surface area contributed by atoms with Crippen LogP contribution in [0.25, 0.3) is 16.8 Å². The second kappa shape index (κ2) is 5.67. The molecule has 100 valence electrons. The fourth-order valence-electron chi connectivity index (χ4n) is 2.20. The van der Waals surface area contributed by atoms with Crippen molar-refractivity contribution in [3.63, 3.8) is 0 Å². The van der Waals surface area contributed by atoms with Crippen molar-refractivity contribution in [2.45, 2.75) is 6.54 Å². The van der Waals surface area contributed by atoms with E-state index in [1.807, 2.05) is 54.6 Å². The van der Waals surface area contributed by atoms with Gasteiger partial charge in [0.1, 0.15) is 0 Å². The molecule has 0 spiro atoms. The second-order valence-electron chi connectivity index (χ2n) is 4.57. The number of hydrogen-bond acceptors (Lipinski definition) is 3. The van der Waals surface area contributed by atoms with Crippen LogP contribution in [0.2, 0.25) is 0 Å². The number of rotatable bonds is 4. The molecule has 0 atom stereocenters. The lowest BCUT2D eigenvalue weighted by atomic mass is 10.1. The van der Waals surface area contributed by atoms with Crippen molar-refractivity contribution in [2.75, 3.05) is 7.05 Å². The van der Waals surface area contributed by atoms with E-state index in [2.05, 4.69) is 27.5 Å². The Kier molecular flexibility index (Phi) is 3.56. The molecule has 0 saturated heterocycles. The summed E-state index contributed by atoms with van der Waals surface area (Å²) in [6, 6.07) is 12.2. The van der Waals surface area contributed by atoms with E-state index in [1.165, 1.54) is 5.56 Å². The van der Waals surface area contributed by atoms with Crippen LogP contribution in [0.4, 0.5) is 0 Å². The molecule has 0 aliphatic heterocycles. The first-order valence-corrected chi connectivity index (χ1v) is 6.56. The normalized spacial score (nSPS) is 10.7. The van der Waals surface area contributed by atoms with E-state index in [4.69, 9.17) is 0 Å². The average Bonchev–Trinajstić information content (AvgIpc) is 2.99. The molecule has 2 heterocycles. The van der Waals surface area contributed by atoms with Crippen LogP contribution in [-0.2, 0) is 6.54 Å². The Morgan fingerprint density at radius 2 is 1.90 bits per heavy atom. The van der Waals surface area contributed by atoms with Crippen molar-refractivity contribution in [1.29, 1.82) is 0 Å². The van der Waals surface area contributed by atoms with Gasteiger partial charge in [0.25, 0.3) is 0 Å². The van der Waals surface area contributed by atoms with Gasteiger partial charge < -0.3 is 5.32 Å². The zero-order chi connectivity index (χ0) is 13.8. The topological polar surface area (TPSA) is 42.7 Å². The van der Waals surface area contributed by atoms with E-state index in [0.717, 1.165) is 23.4 Å². The predicted octanol–water partition coefficient (Wildman–Crippen LogP) is 2.65. The Hall–Kier alpha value is -2.46. The SMILES string of the molecule is CNCc1cnccc1-n1cc(-c2ccccc2)cn1. The van der Waals surface area contributed by atoms with E-state index in [9.17, 15) is 0 Å². The summed E-state index contributed by atoms with van der Waals surface area (Å²) in [5, 5.41) is 7.62. The fourth-order valence-corrected chi connectivity index (χ4v) is 2.20. The van der Waals surface area contributed by atoms with Gasteiger partial charge in [-0.25, -0.2) is 4.68 Å². The van der Waals surface area contributed by atoms with E-state index in [-0.39, 0.29) is 0 Å². The molecule has 0 aliphatic rings. The Bertz CT molecular complexity index is 688. The Morgan fingerprint density at radius 3 is 2.70 bits per heavy atom. The molecule has 0 saturated carbocycles. The van der Waals surface area contributed by atoms with E-state index in [0.29, 0.717) is 0 Å². The van der Waals surface area contributed by atoms with Gasteiger partial charge in [0.15, 0.2) is 0 Å². The zero-order valence-corrected chi connectivity index (χ0v) is 11.3. The van der Waals surface area contributed by atoms with Gasteiger partial charge in [-0.3, -0.25) is 4.98 Å². The summed E-state index contributed by atoms with van der Waals surface area (Å²) in [6.07, 6.45) is 7.59. The first kappa shape index (κ1) is 12.6. The molecule has 4 heteroatoms. The molecule has 0 fully saturated rings. The summed E-state index contributed by atoms with van der Waals surface area (Å²) in [6.45, 7) is 0.768. The maximum Gasteiger partial charge on any atom is 0.0721 e. The molecule has 3 rings (SSSR count). The number of aromatic nitrogens is 3. The number of pyridine rings is 1. The van der Waals surface area contributed by atoms with E-state index >= 15 is 0 Å². The first-order valence-electron chi connectivity index (χ1n) is 6.56. The number of nitrogens with zero attached hydrogens (tertiary/aromatic N) is 3. The molecule has 1 aromatic carbocycles. The molecule has 0 amide bonds. The maximum absolute atomic E-state index is 4.47. The lowest BCUT2D eigenvalue weighted by Crippen LogP contribution is -2.09. The van der Waals surface area contributed by atoms with Gasteiger partial charge in [0.05, 0.1) is 11.9 Å². The first-order chi connectivity index (χ1) is 9.88. The minimum absolute atomic E-state index is 0.768. The van der Waals surface area contributed by atoms with E-state index in [1.54, 1.807) is 6.20 Å². The summed E-state index contributed by atoms with van der Waals surface area (Å²) in [4.78, 5) is 4.17. The molecule has 0 unspecified atom stereocenters. The lowest BCUT2D eigenvalue weighted by molar-refractivity contribution is 0.783. The fraction of sp³-hybridized carbons (Fsp3) is 0.125. The molecule has 0 bridgehead atoms. The zero-order valence-electron chi connectivity index (χ0n) is 11.3. The van der Waals surface area contributed by atoms with Crippen molar-refractivity contribution in [3.05, 3.63) is 66.7 Å². The van der Waals surface area contributed by atoms with Crippen LogP contribution in [0.5, 0.6) is 0 Å². The van der Waals surface area contributed by atoms with Crippen molar-refractivity contribution in [2.24, 2.45) is 0 Å². The third-order valence-corrected chi connectivity index (χ3v) is 3.18. The minimum atomic E-state index is 0.768. The highest BCUT2D eigenvalue weighted by Crippen LogP contribution is 2.20. The van der Waals surface area contributed by atoms with Gasteiger partial charge >= 0.3 is 0 Å². The highest BCUT2D eigenvalue weighted by Gasteiger charge is 2.07. The van der Waals surface area contributed by atoms with Crippen molar-refractivity contribution < 1.29 is 0 Å². The Morgan fingerprint density at radius 1 is 1.05 bits per heavy atom. The lowest BCUT2D eigenvalue weighted by Gasteiger charge is -2.07.